The van der Waals surface area contributed by atoms with Gasteiger partial charge in [-0.15, -0.1) is 0 Å². The molecule has 1 fully saturated rings. The van der Waals surface area contributed by atoms with Crippen molar-refractivity contribution in [1.29, 1.82) is 0 Å². The van der Waals surface area contributed by atoms with Crippen molar-refractivity contribution in [1.82, 2.24) is 14.5 Å². The standard InChI is InChI=1S/C12H21N3O2S/c1-9-5-4-6-12(10(9)2)14-18(16,17)11-7-13-15(3)8-11/h7-10,12,14H,4-6H2,1-3H3/t9-,10+,12+/m1/s1. The highest BCUT2D eigenvalue weighted by Crippen LogP contribution is 2.30. The average Bonchev–Trinajstić information content (AvgIpc) is 2.72. The predicted octanol–water partition coefficient (Wildman–Crippen LogP) is 1.52. The van der Waals surface area contributed by atoms with E-state index in [1.165, 1.54) is 23.5 Å². The van der Waals surface area contributed by atoms with Gasteiger partial charge in [-0.3, -0.25) is 4.68 Å². The summed E-state index contributed by atoms with van der Waals surface area (Å²) in [5.74, 6) is 0.950. The second-order valence-electron chi connectivity index (χ2n) is 5.34. The molecule has 6 heteroatoms. The lowest BCUT2D eigenvalue weighted by Gasteiger charge is -2.34. The van der Waals surface area contributed by atoms with Gasteiger partial charge in [0.1, 0.15) is 4.90 Å². The highest BCUT2D eigenvalue weighted by atomic mass is 32.2. The van der Waals surface area contributed by atoms with Crippen LogP contribution in [0.4, 0.5) is 0 Å². The van der Waals surface area contributed by atoms with Crippen LogP contribution >= 0.6 is 0 Å². The first-order valence-corrected chi connectivity index (χ1v) is 7.89. The van der Waals surface area contributed by atoms with Crippen LogP contribution < -0.4 is 4.72 Å². The summed E-state index contributed by atoms with van der Waals surface area (Å²) in [6.07, 6.45) is 6.11. The van der Waals surface area contributed by atoms with Crippen molar-refractivity contribution >= 4 is 10.0 Å². The molecule has 0 unspecified atom stereocenters. The van der Waals surface area contributed by atoms with Crippen LogP contribution in [0.15, 0.2) is 17.3 Å². The first kappa shape index (κ1) is 13.5. The topological polar surface area (TPSA) is 64.0 Å². The van der Waals surface area contributed by atoms with Gasteiger partial charge in [-0.25, -0.2) is 13.1 Å². The number of aromatic nitrogens is 2. The average molecular weight is 271 g/mol. The molecule has 1 aliphatic carbocycles. The Hall–Kier alpha value is -0.880. The Labute approximate surface area is 109 Å². The summed E-state index contributed by atoms with van der Waals surface area (Å²) in [7, 11) is -1.72. The highest BCUT2D eigenvalue weighted by Gasteiger charge is 2.31. The van der Waals surface area contributed by atoms with Gasteiger partial charge in [0.05, 0.1) is 6.20 Å². The van der Waals surface area contributed by atoms with Crippen LogP contribution in [0.5, 0.6) is 0 Å². The van der Waals surface area contributed by atoms with Gasteiger partial charge in [0.15, 0.2) is 0 Å². The zero-order chi connectivity index (χ0) is 13.3. The maximum Gasteiger partial charge on any atom is 0.243 e. The molecule has 0 bridgehead atoms. The molecule has 1 saturated carbocycles. The van der Waals surface area contributed by atoms with E-state index < -0.39 is 10.0 Å². The van der Waals surface area contributed by atoms with Gasteiger partial charge in [0.2, 0.25) is 10.0 Å². The summed E-state index contributed by atoms with van der Waals surface area (Å²) < 4.78 is 28.7. The molecule has 0 spiro atoms. The number of nitrogens with one attached hydrogen (secondary N) is 1. The molecule has 1 aliphatic rings. The molecule has 1 aromatic heterocycles. The Balaban J connectivity index is 2.13. The number of hydrogen-bond acceptors (Lipinski definition) is 3. The molecule has 102 valence electrons. The lowest BCUT2D eigenvalue weighted by molar-refractivity contribution is 0.227. The largest absolute Gasteiger partial charge is 0.274 e. The van der Waals surface area contributed by atoms with E-state index in [1.807, 2.05) is 0 Å². The Morgan fingerprint density at radius 3 is 2.72 bits per heavy atom. The van der Waals surface area contributed by atoms with E-state index in [9.17, 15) is 8.42 Å². The molecule has 18 heavy (non-hydrogen) atoms. The minimum Gasteiger partial charge on any atom is -0.274 e. The zero-order valence-corrected chi connectivity index (χ0v) is 11.9. The van der Waals surface area contributed by atoms with Crippen LogP contribution in [0.3, 0.4) is 0 Å². The van der Waals surface area contributed by atoms with E-state index >= 15 is 0 Å². The van der Waals surface area contributed by atoms with Crippen LogP contribution in [0.2, 0.25) is 0 Å². The van der Waals surface area contributed by atoms with Gasteiger partial charge in [0.25, 0.3) is 0 Å². The molecule has 3 atom stereocenters. The van der Waals surface area contributed by atoms with E-state index in [0.29, 0.717) is 11.8 Å². The number of rotatable bonds is 3. The van der Waals surface area contributed by atoms with Gasteiger partial charge in [-0.1, -0.05) is 26.7 Å². The smallest absolute Gasteiger partial charge is 0.243 e. The molecule has 0 radical (unpaired) electrons. The summed E-state index contributed by atoms with van der Waals surface area (Å²) in [6.45, 7) is 4.31. The lowest BCUT2D eigenvalue weighted by Crippen LogP contribution is -2.43. The Kier molecular flexibility index (Phi) is 3.77. The first-order chi connectivity index (χ1) is 8.40. The summed E-state index contributed by atoms with van der Waals surface area (Å²) in [6, 6.07) is 0.0407. The fourth-order valence-electron chi connectivity index (χ4n) is 2.55. The second kappa shape index (κ2) is 5.01. The van der Waals surface area contributed by atoms with Crippen molar-refractivity contribution < 1.29 is 8.42 Å². The normalized spacial score (nSPS) is 29.4. The Morgan fingerprint density at radius 2 is 2.11 bits per heavy atom. The molecule has 0 aliphatic heterocycles. The fraction of sp³-hybridized carbons (Fsp3) is 0.750. The molecule has 1 aromatic rings. The summed E-state index contributed by atoms with van der Waals surface area (Å²) >= 11 is 0. The number of hydrogen-bond donors (Lipinski definition) is 1. The second-order valence-corrected chi connectivity index (χ2v) is 7.06. The van der Waals surface area contributed by atoms with E-state index in [2.05, 4.69) is 23.7 Å². The van der Waals surface area contributed by atoms with Gasteiger partial charge >= 0.3 is 0 Å². The minimum absolute atomic E-state index is 0.0407. The van der Waals surface area contributed by atoms with Crippen LogP contribution in [-0.2, 0) is 17.1 Å². The van der Waals surface area contributed by atoms with E-state index in [0.717, 1.165) is 12.8 Å². The molecular formula is C12H21N3O2S. The number of aryl methyl sites for hydroxylation is 1. The maximum atomic E-state index is 12.2. The van der Waals surface area contributed by atoms with Crippen LogP contribution in [0.1, 0.15) is 33.1 Å². The monoisotopic (exact) mass is 271 g/mol. The molecule has 5 nitrogen and oxygen atoms in total. The maximum absolute atomic E-state index is 12.2. The predicted molar refractivity (Wildman–Crippen MR) is 69.5 cm³/mol. The SMILES string of the molecule is C[C@H]1[C@H](C)CCC[C@@H]1NS(=O)(=O)c1cnn(C)c1. The molecule has 0 aromatic carbocycles. The van der Waals surface area contributed by atoms with Gasteiger partial charge < -0.3 is 0 Å². The molecule has 0 amide bonds. The van der Waals surface area contributed by atoms with Gasteiger partial charge in [-0.2, -0.15) is 5.10 Å². The molecule has 0 saturated heterocycles. The van der Waals surface area contributed by atoms with E-state index in [-0.39, 0.29) is 10.9 Å². The van der Waals surface area contributed by atoms with Crippen LogP contribution in [-0.4, -0.2) is 24.2 Å². The third-order valence-corrected chi connectivity index (χ3v) is 5.45. The van der Waals surface area contributed by atoms with Crippen LogP contribution in [0, 0.1) is 11.8 Å². The Bertz CT molecular complexity index is 509. The molecule has 2 rings (SSSR count). The van der Waals surface area contributed by atoms with Crippen molar-refractivity contribution in [2.75, 3.05) is 0 Å². The summed E-state index contributed by atoms with van der Waals surface area (Å²) in [5, 5.41) is 3.91. The van der Waals surface area contributed by atoms with E-state index in [1.54, 1.807) is 7.05 Å². The number of sulfonamides is 1. The lowest BCUT2D eigenvalue weighted by atomic mass is 9.78. The quantitative estimate of drug-likeness (QED) is 0.906. The van der Waals surface area contributed by atoms with Crippen molar-refractivity contribution in [2.45, 2.75) is 44.0 Å². The summed E-state index contributed by atoms with van der Waals surface area (Å²) in [4.78, 5) is 0.246. The summed E-state index contributed by atoms with van der Waals surface area (Å²) in [5.41, 5.74) is 0. The van der Waals surface area contributed by atoms with Crippen molar-refractivity contribution in [3.05, 3.63) is 12.4 Å². The highest BCUT2D eigenvalue weighted by molar-refractivity contribution is 7.89. The molecule has 1 N–H and O–H groups in total. The van der Waals surface area contributed by atoms with Crippen LogP contribution in [0.25, 0.3) is 0 Å². The van der Waals surface area contributed by atoms with Crippen molar-refractivity contribution in [3.63, 3.8) is 0 Å². The fourth-order valence-corrected chi connectivity index (χ4v) is 3.90. The van der Waals surface area contributed by atoms with Gasteiger partial charge in [-0.05, 0) is 18.3 Å². The third-order valence-electron chi connectivity index (χ3n) is 4.00. The van der Waals surface area contributed by atoms with Crippen molar-refractivity contribution in [3.8, 4) is 0 Å². The zero-order valence-electron chi connectivity index (χ0n) is 11.1. The van der Waals surface area contributed by atoms with E-state index in [4.69, 9.17) is 0 Å². The van der Waals surface area contributed by atoms with Gasteiger partial charge in [0, 0.05) is 19.3 Å². The molecule has 1 heterocycles. The Morgan fingerprint density at radius 1 is 1.39 bits per heavy atom. The third kappa shape index (κ3) is 2.75. The minimum atomic E-state index is -3.43. The molecular weight excluding hydrogens is 250 g/mol. The number of nitrogens with zero attached hydrogens (tertiary/aromatic N) is 2. The van der Waals surface area contributed by atoms with Crippen molar-refractivity contribution in [2.24, 2.45) is 18.9 Å². The first-order valence-electron chi connectivity index (χ1n) is 6.41.